The number of ether oxygens (including phenoxy) is 1. The van der Waals surface area contributed by atoms with E-state index in [1.807, 2.05) is 19.3 Å². The molecular weight excluding hydrogens is 378 g/mol. The van der Waals surface area contributed by atoms with Gasteiger partial charge in [-0.05, 0) is 43.6 Å². The Balaban J connectivity index is 1.34. The molecule has 4 rings (SSSR count). The highest BCUT2D eigenvalue weighted by molar-refractivity contribution is 7.89. The molecule has 2 aliphatic rings. The van der Waals surface area contributed by atoms with Gasteiger partial charge in [0.05, 0.1) is 17.7 Å². The number of hydrogen-bond donors (Lipinski definition) is 1. The minimum Gasteiger partial charge on any atom is -0.384 e. The summed E-state index contributed by atoms with van der Waals surface area (Å²) in [7, 11) is 0.504. The molecule has 28 heavy (non-hydrogen) atoms. The molecule has 0 aromatic carbocycles. The average molecular weight is 408 g/mol. The first-order chi connectivity index (χ1) is 13.5. The van der Waals surface area contributed by atoms with E-state index in [2.05, 4.69) is 19.9 Å². The lowest BCUT2D eigenvalue weighted by Crippen LogP contribution is -2.48. The first-order valence-corrected chi connectivity index (χ1v) is 11.6. The van der Waals surface area contributed by atoms with Gasteiger partial charge >= 0.3 is 0 Å². The highest BCUT2D eigenvalue weighted by atomic mass is 32.2. The Kier molecular flexibility index (Phi) is 5.57. The van der Waals surface area contributed by atoms with Gasteiger partial charge in [0, 0.05) is 39.5 Å². The predicted octanol–water partition coefficient (Wildman–Crippen LogP) is 1.86. The second-order valence-corrected chi connectivity index (χ2v) is 10.2. The average Bonchev–Trinajstić information content (AvgIpc) is 3.13. The first kappa shape index (κ1) is 19.6. The minimum absolute atomic E-state index is 0.212. The molecule has 0 spiro atoms. The fourth-order valence-corrected chi connectivity index (χ4v) is 6.44. The number of hydrogen-bond acceptors (Lipinski definition) is 6. The van der Waals surface area contributed by atoms with Crippen LogP contribution in [0.2, 0.25) is 0 Å². The summed E-state index contributed by atoms with van der Waals surface area (Å²) in [6.07, 6.45) is 7.15. The van der Waals surface area contributed by atoms with Gasteiger partial charge in [0.2, 0.25) is 10.0 Å². The van der Waals surface area contributed by atoms with Crippen molar-refractivity contribution in [3.63, 3.8) is 0 Å². The third-order valence-electron chi connectivity index (χ3n) is 6.15. The predicted molar refractivity (Wildman–Crippen MR) is 109 cm³/mol. The number of nitrogens with one attached hydrogen (secondary N) is 1. The summed E-state index contributed by atoms with van der Waals surface area (Å²) < 4.78 is 32.7. The van der Waals surface area contributed by atoms with Gasteiger partial charge in [-0.2, -0.15) is 0 Å². The smallest absolute Gasteiger partial charge is 0.214 e. The maximum absolute atomic E-state index is 12.9. The normalized spacial score (nSPS) is 26.3. The molecule has 1 aliphatic heterocycles. The number of sulfonamides is 1. The quantitative estimate of drug-likeness (QED) is 0.753. The van der Waals surface area contributed by atoms with Crippen LogP contribution >= 0.6 is 0 Å². The van der Waals surface area contributed by atoms with E-state index >= 15 is 0 Å². The van der Waals surface area contributed by atoms with Crippen molar-refractivity contribution in [2.24, 2.45) is 11.8 Å². The third-order valence-corrected chi connectivity index (χ3v) is 8.16. The molecule has 1 atom stereocenters. The highest BCUT2D eigenvalue weighted by Crippen LogP contribution is 2.36. The topological polar surface area (TPSA) is 91.4 Å². The van der Waals surface area contributed by atoms with E-state index in [-0.39, 0.29) is 11.7 Å². The van der Waals surface area contributed by atoms with Crippen LogP contribution in [0, 0.1) is 11.8 Å². The van der Waals surface area contributed by atoms with E-state index in [9.17, 15) is 8.42 Å². The number of fused-ring (bicyclic) bond motifs is 1. The zero-order valence-electron chi connectivity index (χ0n) is 16.5. The molecular formula is C19H29N5O3S. The van der Waals surface area contributed by atoms with Crippen LogP contribution in [-0.2, 0) is 14.8 Å². The van der Waals surface area contributed by atoms with E-state index in [1.165, 1.54) is 0 Å². The van der Waals surface area contributed by atoms with Crippen molar-refractivity contribution in [3.05, 3.63) is 18.6 Å². The summed E-state index contributed by atoms with van der Waals surface area (Å²) in [5, 5.41) is 0.999. The zero-order chi connectivity index (χ0) is 19.7. The number of aromatic nitrogens is 3. The lowest BCUT2D eigenvalue weighted by Gasteiger charge is -2.42. The van der Waals surface area contributed by atoms with Crippen LogP contribution in [0.15, 0.2) is 18.6 Å². The maximum Gasteiger partial charge on any atom is 0.214 e. The Morgan fingerprint density at radius 2 is 2.14 bits per heavy atom. The molecule has 0 radical (unpaired) electrons. The minimum atomic E-state index is -3.21. The Morgan fingerprint density at radius 1 is 1.32 bits per heavy atom. The molecule has 0 amide bonds. The molecule has 2 aromatic rings. The largest absolute Gasteiger partial charge is 0.384 e. The Bertz CT molecular complexity index is 907. The van der Waals surface area contributed by atoms with Crippen molar-refractivity contribution >= 4 is 26.9 Å². The van der Waals surface area contributed by atoms with Crippen LogP contribution in [0.3, 0.4) is 0 Å². The summed E-state index contributed by atoms with van der Waals surface area (Å²) in [6, 6.07) is 2.30. The maximum atomic E-state index is 12.9. The molecule has 154 valence electrons. The van der Waals surface area contributed by atoms with Gasteiger partial charge in [-0.3, -0.25) is 0 Å². The number of piperidine rings is 1. The molecule has 1 saturated carbocycles. The fraction of sp³-hybridized carbons (Fsp3) is 0.684. The van der Waals surface area contributed by atoms with Crippen LogP contribution in [0.25, 0.3) is 11.0 Å². The van der Waals surface area contributed by atoms with Gasteiger partial charge in [-0.1, -0.05) is 0 Å². The molecule has 2 aromatic heterocycles. The molecule has 2 fully saturated rings. The van der Waals surface area contributed by atoms with Gasteiger partial charge in [0.1, 0.15) is 17.8 Å². The number of nitrogens with zero attached hydrogens (tertiary/aromatic N) is 4. The monoisotopic (exact) mass is 407 g/mol. The number of methoxy groups -OCH3 is 1. The SMILES string of the molecule is COCC1CCCN(S(=O)(=O)C[C@H]2C[C@@H](N(C)c3ncnc4[nH]ccc34)C2)C1. The Morgan fingerprint density at radius 3 is 2.93 bits per heavy atom. The molecule has 1 unspecified atom stereocenters. The second-order valence-electron chi connectivity index (χ2n) is 8.14. The van der Waals surface area contributed by atoms with E-state index in [1.54, 1.807) is 17.7 Å². The van der Waals surface area contributed by atoms with Crippen LogP contribution in [0.1, 0.15) is 25.7 Å². The van der Waals surface area contributed by atoms with Crippen molar-refractivity contribution in [1.29, 1.82) is 0 Å². The molecule has 1 N–H and O–H groups in total. The fourth-order valence-electron chi connectivity index (χ4n) is 4.52. The van der Waals surface area contributed by atoms with Crippen LogP contribution in [0.5, 0.6) is 0 Å². The van der Waals surface area contributed by atoms with Gasteiger partial charge in [0.15, 0.2) is 0 Å². The summed E-state index contributed by atoms with van der Waals surface area (Å²) in [6.45, 7) is 1.87. The van der Waals surface area contributed by atoms with Crippen molar-refractivity contribution in [2.45, 2.75) is 31.7 Å². The Hall–Kier alpha value is -1.71. The molecule has 9 heteroatoms. The lowest BCUT2D eigenvalue weighted by molar-refractivity contribution is 0.118. The number of aromatic amines is 1. The van der Waals surface area contributed by atoms with Crippen molar-refractivity contribution in [3.8, 4) is 0 Å². The van der Waals surface area contributed by atoms with Crippen molar-refractivity contribution in [1.82, 2.24) is 19.3 Å². The van der Waals surface area contributed by atoms with Gasteiger partial charge < -0.3 is 14.6 Å². The molecule has 1 saturated heterocycles. The second kappa shape index (κ2) is 7.96. The molecule has 0 bridgehead atoms. The third kappa shape index (κ3) is 3.88. The van der Waals surface area contributed by atoms with Gasteiger partial charge in [-0.25, -0.2) is 22.7 Å². The lowest BCUT2D eigenvalue weighted by atomic mass is 9.81. The number of rotatable bonds is 7. The van der Waals surface area contributed by atoms with Crippen LogP contribution < -0.4 is 4.90 Å². The standard InChI is InChI=1S/C19H29N5O3S/c1-23(19-17-5-6-20-18(17)21-13-22-19)16-8-15(9-16)12-28(25,26)24-7-3-4-14(10-24)11-27-2/h5-6,13-16H,3-4,7-12H2,1-2H3,(H,20,21,22)/t14?,15-,16+. The van der Waals surface area contributed by atoms with E-state index in [0.717, 1.165) is 42.5 Å². The van der Waals surface area contributed by atoms with Crippen LogP contribution in [0.4, 0.5) is 5.82 Å². The molecule has 3 heterocycles. The van der Waals surface area contributed by atoms with Crippen LogP contribution in [-0.4, -0.2) is 73.3 Å². The Labute approximate surface area is 166 Å². The molecule has 1 aliphatic carbocycles. The number of H-pyrrole nitrogens is 1. The zero-order valence-corrected chi connectivity index (χ0v) is 17.4. The highest BCUT2D eigenvalue weighted by Gasteiger charge is 2.38. The summed E-state index contributed by atoms with van der Waals surface area (Å²) in [5.41, 5.74) is 0.825. The van der Waals surface area contributed by atoms with Crippen molar-refractivity contribution < 1.29 is 13.2 Å². The van der Waals surface area contributed by atoms with Gasteiger partial charge in [-0.15, -0.1) is 0 Å². The van der Waals surface area contributed by atoms with E-state index < -0.39 is 10.0 Å². The number of anilines is 1. The van der Waals surface area contributed by atoms with Crippen molar-refractivity contribution in [2.75, 3.05) is 44.5 Å². The summed E-state index contributed by atoms with van der Waals surface area (Å²) in [5.74, 6) is 1.68. The summed E-state index contributed by atoms with van der Waals surface area (Å²) in [4.78, 5) is 13.9. The molecule has 8 nitrogen and oxygen atoms in total. The van der Waals surface area contributed by atoms with E-state index in [4.69, 9.17) is 4.74 Å². The van der Waals surface area contributed by atoms with Gasteiger partial charge in [0.25, 0.3) is 0 Å². The first-order valence-electron chi connectivity index (χ1n) is 9.95. The summed E-state index contributed by atoms with van der Waals surface area (Å²) >= 11 is 0. The van der Waals surface area contributed by atoms with E-state index in [0.29, 0.717) is 31.7 Å².